The van der Waals surface area contributed by atoms with Gasteiger partial charge in [0.1, 0.15) is 36.6 Å². The van der Waals surface area contributed by atoms with Gasteiger partial charge in [0.25, 0.3) is 0 Å². The number of aliphatic hydroxyl groups is 1. The van der Waals surface area contributed by atoms with Crippen molar-refractivity contribution in [3.63, 3.8) is 0 Å². The standard InChI is InChI=1S/C40H50O10/c1-39(2)45-25-32(48-39)34-29(35-38(47-34)50-40(3,4)49-35)20-30-33(41)37(44-23-28-18-12-7-13-19-28)36(43-22-27-16-10-6-11-17-27)31(46-30)24-42-21-26-14-8-5-9-15-26/h5-19,29-38,41H,20-25H2,1-4H3/t29-,30+,31-,32-,33+,34+,35-,36-,37-,38-/m1/s1. The molecule has 4 fully saturated rings. The van der Waals surface area contributed by atoms with Crippen LogP contribution in [0, 0.1) is 5.92 Å². The summed E-state index contributed by atoms with van der Waals surface area (Å²) in [4.78, 5) is 0. The number of rotatable bonds is 13. The Bertz CT molecular complexity index is 1490. The van der Waals surface area contributed by atoms with Crippen molar-refractivity contribution in [2.45, 2.75) is 121 Å². The second-order valence-corrected chi connectivity index (χ2v) is 14.6. The molecule has 4 aliphatic rings. The normalized spacial score (nSPS) is 34.5. The first-order valence-corrected chi connectivity index (χ1v) is 17.7. The molecule has 3 aromatic carbocycles. The highest BCUT2D eigenvalue weighted by atomic mass is 16.8. The van der Waals surface area contributed by atoms with Crippen LogP contribution in [0.2, 0.25) is 0 Å². The lowest BCUT2D eigenvalue weighted by Gasteiger charge is -2.45. The molecule has 0 saturated carbocycles. The van der Waals surface area contributed by atoms with Crippen molar-refractivity contribution >= 4 is 0 Å². The Kier molecular flexibility index (Phi) is 11.0. The summed E-state index contributed by atoms with van der Waals surface area (Å²) in [5, 5.41) is 12.2. The third-order valence-electron chi connectivity index (χ3n) is 9.85. The first-order chi connectivity index (χ1) is 24.1. The van der Waals surface area contributed by atoms with Gasteiger partial charge < -0.3 is 47.7 Å². The maximum absolute atomic E-state index is 12.2. The van der Waals surface area contributed by atoms with E-state index in [9.17, 15) is 5.11 Å². The van der Waals surface area contributed by atoms with Crippen molar-refractivity contribution in [1.82, 2.24) is 0 Å². The Balaban J connectivity index is 1.16. The Morgan fingerprint density at radius 3 is 1.80 bits per heavy atom. The van der Waals surface area contributed by atoms with Gasteiger partial charge in [-0.3, -0.25) is 0 Å². The van der Waals surface area contributed by atoms with Crippen molar-refractivity contribution in [1.29, 1.82) is 0 Å². The summed E-state index contributed by atoms with van der Waals surface area (Å²) in [6, 6.07) is 29.9. The van der Waals surface area contributed by atoms with Crippen LogP contribution in [-0.2, 0) is 62.5 Å². The van der Waals surface area contributed by atoms with Gasteiger partial charge in [0, 0.05) is 5.92 Å². The van der Waals surface area contributed by atoms with Crippen LogP contribution in [0.5, 0.6) is 0 Å². The number of hydrogen-bond acceptors (Lipinski definition) is 10. The van der Waals surface area contributed by atoms with Crippen LogP contribution >= 0.6 is 0 Å². The van der Waals surface area contributed by atoms with Gasteiger partial charge in [0.05, 0.1) is 45.2 Å². The molecule has 0 amide bonds. The SMILES string of the molecule is CC1(C)O[C@H]2O[C@H]([C@H]3COC(C)(C)O3)[C@@H](C[C@@H]3O[C@H](COCc4ccccc4)[C@@H](OCc4ccccc4)[C@H](OCc4ccccc4)[C@H]3O)[C@H]2O1. The molecule has 0 aliphatic carbocycles. The number of aliphatic hydroxyl groups excluding tert-OH is 1. The topological polar surface area (TPSA) is 103 Å². The largest absolute Gasteiger partial charge is 0.388 e. The molecule has 7 rings (SSSR count). The van der Waals surface area contributed by atoms with Crippen LogP contribution in [0.4, 0.5) is 0 Å². The van der Waals surface area contributed by atoms with E-state index in [0.717, 1.165) is 16.7 Å². The summed E-state index contributed by atoms with van der Waals surface area (Å²) in [5.74, 6) is -1.78. The molecule has 10 atom stereocenters. The monoisotopic (exact) mass is 690 g/mol. The molecular weight excluding hydrogens is 640 g/mol. The van der Waals surface area contributed by atoms with Crippen LogP contribution in [0.15, 0.2) is 91.0 Å². The number of hydrogen-bond donors (Lipinski definition) is 1. The minimum Gasteiger partial charge on any atom is -0.388 e. The lowest BCUT2D eigenvalue weighted by Crippen LogP contribution is -2.61. The molecule has 0 aromatic heterocycles. The van der Waals surface area contributed by atoms with Gasteiger partial charge in [-0.2, -0.15) is 0 Å². The molecule has 4 aliphatic heterocycles. The quantitative estimate of drug-likeness (QED) is 0.246. The van der Waals surface area contributed by atoms with E-state index in [-0.39, 0.29) is 24.7 Å². The molecule has 10 nitrogen and oxygen atoms in total. The van der Waals surface area contributed by atoms with E-state index in [1.165, 1.54) is 0 Å². The van der Waals surface area contributed by atoms with E-state index in [2.05, 4.69) is 0 Å². The van der Waals surface area contributed by atoms with Gasteiger partial charge >= 0.3 is 0 Å². The molecule has 0 radical (unpaired) electrons. The zero-order valence-corrected chi connectivity index (χ0v) is 29.3. The van der Waals surface area contributed by atoms with Crippen LogP contribution in [0.1, 0.15) is 50.8 Å². The van der Waals surface area contributed by atoms with E-state index in [4.69, 9.17) is 42.6 Å². The van der Waals surface area contributed by atoms with Crippen LogP contribution < -0.4 is 0 Å². The van der Waals surface area contributed by atoms with E-state index in [1.54, 1.807) is 0 Å². The van der Waals surface area contributed by atoms with E-state index < -0.39 is 54.5 Å². The average Bonchev–Trinajstić information content (AvgIpc) is 3.74. The van der Waals surface area contributed by atoms with Crippen molar-refractivity contribution in [2.75, 3.05) is 13.2 Å². The van der Waals surface area contributed by atoms with E-state index in [0.29, 0.717) is 32.8 Å². The zero-order chi connectivity index (χ0) is 34.7. The Morgan fingerprint density at radius 2 is 1.22 bits per heavy atom. The van der Waals surface area contributed by atoms with Gasteiger partial charge in [-0.1, -0.05) is 91.0 Å². The van der Waals surface area contributed by atoms with E-state index in [1.807, 2.05) is 119 Å². The molecule has 0 unspecified atom stereocenters. The lowest BCUT2D eigenvalue weighted by molar-refractivity contribution is -0.268. The molecule has 1 N–H and O–H groups in total. The molecule has 3 aromatic rings. The molecule has 4 heterocycles. The molecule has 4 saturated heterocycles. The smallest absolute Gasteiger partial charge is 0.187 e. The van der Waals surface area contributed by atoms with Crippen LogP contribution in [-0.4, -0.2) is 85.0 Å². The van der Waals surface area contributed by atoms with Gasteiger partial charge in [-0.05, 0) is 50.8 Å². The predicted molar refractivity (Wildman–Crippen MR) is 183 cm³/mol. The number of fused-ring (bicyclic) bond motifs is 1. The first kappa shape index (κ1) is 35.7. The second-order valence-electron chi connectivity index (χ2n) is 14.6. The van der Waals surface area contributed by atoms with Gasteiger partial charge in [-0.15, -0.1) is 0 Å². The highest BCUT2D eigenvalue weighted by molar-refractivity contribution is 5.16. The molecule has 0 spiro atoms. The zero-order valence-electron chi connectivity index (χ0n) is 29.3. The minimum absolute atomic E-state index is 0.230. The van der Waals surface area contributed by atoms with Gasteiger partial charge in [-0.25, -0.2) is 0 Å². The Labute approximate surface area is 294 Å². The molecular formula is C40H50O10. The maximum Gasteiger partial charge on any atom is 0.187 e. The molecule has 10 heteroatoms. The summed E-state index contributed by atoms with van der Waals surface area (Å²) in [6.45, 7) is 9.19. The first-order valence-electron chi connectivity index (χ1n) is 17.7. The second kappa shape index (κ2) is 15.5. The number of benzene rings is 3. The van der Waals surface area contributed by atoms with Gasteiger partial charge in [0.2, 0.25) is 0 Å². The maximum atomic E-state index is 12.2. The van der Waals surface area contributed by atoms with Crippen molar-refractivity contribution in [2.24, 2.45) is 5.92 Å². The highest BCUT2D eigenvalue weighted by Gasteiger charge is 2.59. The summed E-state index contributed by atoms with van der Waals surface area (Å²) in [7, 11) is 0. The average molecular weight is 691 g/mol. The third-order valence-corrected chi connectivity index (χ3v) is 9.85. The van der Waals surface area contributed by atoms with Crippen molar-refractivity contribution in [3.8, 4) is 0 Å². The third kappa shape index (κ3) is 8.48. The number of ether oxygens (including phenoxy) is 9. The molecule has 0 bridgehead atoms. The highest BCUT2D eigenvalue weighted by Crippen LogP contribution is 2.46. The van der Waals surface area contributed by atoms with E-state index >= 15 is 0 Å². The van der Waals surface area contributed by atoms with Crippen LogP contribution in [0.25, 0.3) is 0 Å². The summed E-state index contributed by atoms with van der Waals surface area (Å²) < 4.78 is 57.6. The fourth-order valence-electron chi connectivity index (χ4n) is 7.50. The molecule has 50 heavy (non-hydrogen) atoms. The predicted octanol–water partition coefficient (Wildman–Crippen LogP) is 5.54. The van der Waals surface area contributed by atoms with Crippen molar-refractivity contribution in [3.05, 3.63) is 108 Å². The fourth-order valence-corrected chi connectivity index (χ4v) is 7.50. The Morgan fingerprint density at radius 1 is 0.640 bits per heavy atom. The van der Waals surface area contributed by atoms with Crippen LogP contribution in [0.3, 0.4) is 0 Å². The summed E-state index contributed by atoms with van der Waals surface area (Å²) in [6.07, 6.45) is -4.88. The molecule has 270 valence electrons. The summed E-state index contributed by atoms with van der Waals surface area (Å²) in [5.41, 5.74) is 3.06. The fraction of sp³-hybridized carbons (Fsp3) is 0.550. The minimum atomic E-state index is -1.03. The van der Waals surface area contributed by atoms with Gasteiger partial charge in [0.15, 0.2) is 17.9 Å². The summed E-state index contributed by atoms with van der Waals surface area (Å²) >= 11 is 0. The van der Waals surface area contributed by atoms with Crippen molar-refractivity contribution < 1.29 is 47.7 Å². The Hall–Kier alpha value is -2.74. The lowest BCUT2D eigenvalue weighted by atomic mass is 9.84.